The van der Waals surface area contributed by atoms with Gasteiger partial charge >= 0.3 is 5.97 Å². The maximum absolute atomic E-state index is 11.5. The molecule has 0 aliphatic heterocycles. The molecule has 0 atom stereocenters. The molecule has 0 aliphatic rings. The molecule has 0 amide bonds. The van der Waals surface area contributed by atoms with Gasteiger partial charge in [0.05, 0.1) is 28.7 Å². The standard InChI is InChI=1S/C11H7N3O4S/c1-2-18-11(15)10-13-7-3-6(5-12)4-8(14(16)17)9(7)19-10/h3-4H,2H2,1H3. The highest BCUT2D eigenvalue weighted by atomic mass is 32.1. The van der Waals surface area contributed by atoms with E-state index < -0.39 is 10.9 Å². The van der Waals surface area contributed by atoms with Crippen molar-refractivity contribution in [1.29, 1.82) is 5.26 Å². The van der Waals surface area contributed by atoms with E-state index in [2.05, 4.69) is 4.98 Å². The second-order valence-electron chi connectivity index (χ2n) is 3.45. The van der Waals surface area contributed by atoms with Crippen LogP contribution in [0, 0.1) is 21.4 Å². The van der Waals surface area contributed by atoms with Gasteiger partial charge in [-0.3, -0.25) is 10.1 Å². The molecule has 8 heteroatoms. The highest BCUT2D eigenvalue weighted by molar-refractivity contribution is 7.20. The Morgan fingerprint density at radius 2 is 2.37 bits per heavy atom. The summed E-state index contributed by atoms with van der Waals surface area (Å²) in [7, 11) is 0. The minimum Gasteiger partial charge on any atom is -0.461 e. The third-order valence-corrected chi connectivity index (χ3v) is 3.32. The Morgan fingerprint density at radius 3 is 2.95 bits per heavy atom. The van der Waals surface area contributed by atoms with Crippen molar-refractivity contribution in [1.82, 2.24) is 4.98 Å². The van der Waals surface area contributed by atoms with Crippen LogP contribution in [0.1, 0.15) is 22.3 Å². The highest BCUT2D eigenvalue weighted by Gasteiger charge is 2.21. The Hall–Kier alpha value is -2.53. The van der Waals surface area contributed by atoms with E-state index in [0.717, 1.165) is 17.4 Å². The lowest BCUT2D eigenvalue weighted by atomic mass is 10.2. The van der Waals surface area contributed by atoms with Crippen LogP contribution in [-0.2, 0) is 4.74 Å². The molecule has 0 unspecified atom stereocenters. The van der Waals surface area contributed by atoms with Crippen LogP contribution in [0.2, 0.25) is 0 Å². The Balaban J connectivity index is 2.64. The molecule has 0 radical (unpaired) electrons. The van der Waals surface area contributed by atoms with E-state index in [1.807, 2.05) is 6.07 Å². The predicted octanol–water partition coefficient (Wildman–Crippen LogP) is 2.25. The number of hydrogen-bond donors (Lipinski definition) is 0. The van der Waals surface area contributed by atoms with Gasteiger partial charge in [-0.2, -0.15) is 5.26 Å². The van der Waals surface area contributed by atoms with Gasteiger partial charge in [0.2, 0.25) is 5.01 Å². The fourth-order valence-corrected chi connectivity index (χ4v) is 2.42. The van der Waals surface area contributed by atoms with E-state index in [4.69, 9.17) is 10.00 Å². The molecule has 0 spiro atoms. The zero-order chi connectivity index (χ0) is 14.0. The van der Waals surface area contributed by atoms with Crippen LogP contribution in [0.5, 0.6) is 0 Å². The van der Waals surface area contributed by atoms with Gasteiger partial charge in [0.25, 0.3) is 5.69 Å². The summed E-state index contributed by atoms with van der Waals surface area (Å²) in [6.07, 6.45) is 0. The monoisotopic (exact) mass is 277 g/mol. The number of thiazole rings is 1. The molecule has 1 aromatic carbocycles. The Morgan fingerprint density at radius 1 is 1.63 bits per heavy atom. The summed E-state index contributed by atoms with van der Waals surface area (Å²) in [5.74, 6) is -0.628. The largest absolute Gasteiger partial charge is 0.461 e. The Labute approximate surface area is 111 Å². The van der Waals surface area contributed by atoms with Crippen molar-refractivity contribution in [3.8, 4) is 6.07 Å². The SMILES string of the molecule is CCOC(=O)c1nc2cc(C#N)cc([N+](=O)[O-])c2s1. The maximum Gasteiger partial charge on any atom is 0.367 e. The fourth-order valence-electron chi connectivity index (χ4n) is 1.50. The lowest BCUT2D eigenvalue weighted by Gasteiger charge is -1.94. The van der Waals surface area contributed by atoms with Crippen molar-refractivity contribution >= 4 is 33.2 Å². The number of carbonyl (C=O) groups excluding carboxylic acids is 1. The number of hydrogen-bond acceptors (Lipinski definition) is 7. The minimum absolute atomic E-state index is 0.0371. The van der Waals surface area contributed by atoms with Crippen LogP contribution < -0.4 is 0 Å². The Bertz CT molecular complexity index is 717. The molecule has 7 nitrogen and oxygen atoms in total. The Kier molecular flexibility index (Phi) is 3.39. The molecule has 1 heterocycles. The molecule has 2 rings (SSSR count). The van der Waals surface area contributed by atoms with Gasteiger partial charge in [0, 0.05) is 6.07 Å². The summed E-state index contributed by atoms with van der Waals surface area (Å²) >= 11 is 0.883. The average molecular weight is 277 g/mol. The maximum atomic E-state index is 11.5. The summed E-state index contributed by atoms with van der Waals surface area (Å²) < 4.78 is 5.05. The molecule has 0 N–H and O–H groups in total. The average Bonchev–Trinajstić information content (AvgIpc) is 2.81. The van der Waals surface area contributed by atoms with Crippen molar-refractivity contribution in [3.05, 3.63) is 32.8 Å². The van der Waals surface area contributed by atoms with E-state index in [1.54, 1.807) is 6.92 Å². The van der Waals surface area contributed by atoms with Crippen molar-refractivity contribution in [2.24, 2.45) is 0 Å². The number of fused-ring (bicyclic) bond motifs is 1. The zero-order valence-corrected chi connectivity index (χ0v) is 10.6. The molecule has 19 heavy (non-hydrogen) atoms. The molecule has 0 saturated heterocycles. The van der Waals surface area contributed by atoms with Crippen molar-refractivity contribution in [3.63, 3.8) is 0 Å². The lowest BCUT2D eigenvalue weighted by Crippen LogP contribution is -2.03. The number of ether oxygens (including phenoxy) is 1. The quantitative estimate of drug-likeness (QED) is 0.484. The van der Waals surface area contributed by atoms with Gasteiger partial charge in [0.1, 0.15) is 4.70 Å². The normalized spacial score (nSPS) is 10.1. The molecule has 2 aromatic rings. The number of nitrogens with zero attached hydrogens (tertiary/aromatic N) is 3. The second kappa shape index (κ2) is 4.99. The fraction of sp³-hybridized carbons (Fsp3) is 0.182. The van der Waals surface area contributed by atoms with Crippen LogP contribution in [0.4, 0.5) is 5.69 Å². The summed E-state index contributed by atoms with van der Waals surface area (Å²) in [5.41, 5.74) is 0.140. The van der Waals surface area contributed by atoms with E-state index in [9.17, 15) is 14.9 Å². The lowest BCUT2D eigenvalue weighted by molar-refractivity contribution is -0.382. The van der Waals surface area contributed by atoms with Gasteiger partial charge in [-0.15, -0.1) is 0 Å². The smallest absolute Gasteiger partial charge is 0.367 e. The van der Waals surface area contributed by atoms with E-state index >= 15 is 0 Å². The number of non-ortho nitro benzene ring substituents is 1. The highest BCUT2D eigenvalue weighted by Crippen LogP contribution is 2.32. The molecular weight excluding hydrogens is 270 g/mol. The molecule has 0 saturated carbocycles. The summed E-state index contributed by atoms with van der Waals surface area (Å²) in [6, 6.07) is 4.39. The third-order valence-electron chi connectivity index (χ3n) is 2.25. The van der Waals surface area contributed by atoms with Crippen molar-refractivity contribution in [2.75, 3.05) is 6.61 Å². The topological polar surface area (TPSA) is 106 Å². The number of rotatable bonds is 3. The first-order valence-corrected chi connectivity index (χ1v) is 6.04. The van der Waals surface area contributed by atoms with Gasteiger partial charge in [-0.1, -0.05) is 11.3 Å². The van der Waals surface area contributed by atoms with E-state index in [0.29, 0.717) is 0 Å². The minimum atomic E-state index is -0.628. The van der Waals surface area contributed by atoms with E-state index in [-0.39, 0.29) is 33.1 Å². The molecule has 1 aromatic heterocycles. The molecule has 0 fully saturated rings. The first kappa shape index (κ1) is 12.9. The molecular formula is C11H7N3O4S. The number of nitro groups is 1. The number of aromatic nitrogens is 1. The zero-order valence-electron chi connectivity index (χ0n) is 9.74. The first-order valence-electron chi connectivity index (χ1n) is 5.23. The van der Waals surface area contributed by atoms with Crippen molar-refractivity contribution < 1.29 is 14.5 Å². The van der Waals surface area contributed by atoms with Crippen LogP contribution in [0.15, 0.2) is 12.1 Å². The van der Waals surface area contributed by atoms with Crippen LogP contribution in [-0.4, -0.2) is 22.5 Å². The van der Waals surface area contributed by atoms with Gasteiger partial charge < -0.3 is 4.74 Å². The number of nitro benzene ring substituents is 1. The van der Waals surface area contributed by atoms with Crippen LogP contribution >= 0.6 is 11.3 Å². The van der Waals surface area contributed by atoms with Crippen molar-refractivity contribution in [2.45, 2.75) is 6.92 Å². The summed E-state index contributed by atoms with van der Waals surface area (Å²) in [5, 5.41) is 19.8. The van der Waals surface area contributed by atoms with Gasteiger partial charge in [-0.25, -0.2) is 9.78 Å². The van der Waals surface area contributed by atoms with Gasteiger partial charge in [0.15, 0.2) is 0 Å². The number of benzene rings is 1. The van der Waals surface area contributed by atoms with E-state index in [1.165, 1.54) is 6.07 Å². The van der Waals surface area contributed by atoms with Crippen LogP contribution in [0.25, 0.3) is 10.2 Å². The predicted molar refractivity (Wildman–Crippen MR) is 66.9 cm³/mol. The third kappa shape index (κ3) is 2.36. The number of carbonyl (C=O) groups is 1. The molecule has 0 bridgehead atoms. The second-order valence-corrected chi connectivity index (χ2v) is 4.45. The first-order chi connectivity index (χ1) is 9.06. The molecule has 0 aliphatic carbocycles. The summed E-state index contributed by atoms with van der Waals surface area (Å²) in [6.45, 7) is 1.85. The van der Waals surface area contributed by atoms with Crippen LogP contribution in [0.3, 0.4) is 0 Å². The molecule has 96 valence electrons. The van der Waals surface area contributed by atoms with Gasteiger partial charge in [-0.05, 0) is 13.0 Å². The number of esters is 1. The number of nitriles is 1. The summed E-state index contributed by atoms with van der Waals surface area (Å²) in [4.78, 5) is 25.9.